The standard InChI is InChI=1S/C17H19N3O3/c1-9-5-4-6-12(7-9)11(3)20-8-13(15(18)21)10(2)14(16(19)22)17(20)23/h4-8,11H,1-3H3,(H2,18,21)(H2,19,22). The molecular weight excluding hydrogens is 294 g/mol. The lowest BCUT2D eigenvalue weighted by Crippen LogP contribution is -2.34. The summed E-state index contributed by atoms with van der Waals surface area (Å²) in [5, 5.41) is 0. The van der Waals surface area contributed by atoms with E-state index in [0.717, 1.165) is 11.1 Å². The number of aromatic nitrogens is 1. The quantitative estimate of drug-likeness (QED) is 0.887. The van der Waals surface area contributed by atoms with E-state index >= 15 is 0 Å². The van der Waals surface area contributed by atoms with Gasteiger partial charge in [-0.3, -0.25) is 14.4 Å². The van der Waals surface area contributed by atoms with Gasteiger partial charge >= 0.3 is 0 Å². The van der Waals surface area contributed by atoms with Crippen molar-refractivity contribution in [3.63, 3.8) is 0 Å². The second-order valence-electron chi connectivity index (χ2n) is 5.57. The molecule has 0 bridgehead atoms. The summed E-state index contributed by atoms with van der Waals surface area (Å²) in [5.41, 5.74) is 12.2. The van der Waals surface area contributed by atoms with Crippen LogP contribution in [-0.2, 0) is 0 Å². The summed E-state index contributed by atoms with van der Waals surface area (Å²) in [6.45, 7) is 5.24. The molecule has 0 fully saturated rings. The summed E-state index contributed by atoms with van der Waals surface area (Å²) in [5.74, 6) is -1.59. The Morgan fingerprint density at radius 3 is 2.30 bits per heavy atom. The van der Waals surface area contributed by atoms with E-state index in [4.69, 9.17) is 11.5 Å². The van der Waals surface area contributed by atoms with Crippen LogP contribution in [0.3, 0.4) is 0 Å². The van der Waals surface area contributed by atoms with Gasteiger partial charge in [0.2, 0.25) is 5.91 Å². The van der Waals surface area contributed by atoms with Crippen molar-refractivity contribution in [1.29, 1.82) is 0 Å². The number of aryl methyl sites for hydroxylation is 1. The van der Waals surface area contributed by atoms with Gasteiger partial charge in [0.05, 0.1) is 11.6 Å². The topological polar surface area (TPSA) is 108 Å². The number of hydrogen-bond acceptors (Lipinski definition) is 3. The Morgan fingerprint density at radius 1 is 1.13 bits per heavy atom. The number of primary amides is 2. The monoisotopic (exact) mass is 313 g/mol. The van der Waals surface area contributed by atoms with Crippen LogP contribution in [0.15, 0.2) is 35.3 Å². The molecule has 0 aliphatic heterocycles. The summed E-state index contributed by atoms with van der Waals surface area (Å²) in [4.78, 5) is 35.9. The highest BCUT2D eigenvalue weighted by Gasteiger charge is 2.22. The molecular formula is C17H19N3O3. The predicted molar refractivity (Wildman–Crippen MR) is 87.5 cm³/mol. The Morgan fingerprint density at radius 2 is 1.78 bits per heavy atom. The van der Waals surface area contributed by atoms with Crippen LogP contribution in [0.5, 0.6) is 0 Å². The molecule has 2 aromatic rings. The molecule has 2 rings (SSSR count). The fraction of sp³-hybridized carbons (Fsp3) is 0.235. The third-order valence-corrected chi connectivity index (χ3v) is 3.95. The summed E-state index contributed by atoms with van der Waals surface area (Å²) >= 11 is 0. The van der Waals surface area contributed by atoms with Gasteiger partial charge in [0.1, 0.15) is 5.56 Å². The van der Waals surface area contributed by atoms with Crippen LogP contribution >= 0.6 is 0 Å². The molecule has 0 aliphatic carbocycles. The maximum Gasteiger partial charge on any atom is 0.264 e. The third kappa shape index (κ3) is 3.01. The molecule has 120 valence electrons. The van der Waals surface area contributed by atoms with Gasteiger partial charge in [-0.05, 0) is 31.9 Å². The van der Waals surface area contributed by atoms with Gasteiger partial charge in [-0.1, -0.05) is 29.8 Å². The number of hydrogen-bond donors (Lipinski definition) is 2. The molecule has 6 heteroatoms. The van der Waals surface area contributed by atoms with E-state index < -0.39 is 17.4 Å². The second-order valence-corrected chi connectivity index (χ2v) is 5.57. The first kappa shape index (κ1) is 16.5. The lowest BCUT2D eigenvalue weighted by molar-refractivity contribution is 0.0997. The summed E-state index contributed by atoms with van der Waals surface area (Å²) in [7, 11) is 0. The van der Waals surface area contributed by atoms with Crippen molar-refractivity contribution in [3.8, 4) is 0 Å². The maximum absolute atomic E-state index is 12.6. The summed E-state index contributed by atoms with van der Waals surface area (Å²) < 4.78 is 1.32. The Kier molecular flexibility index (Phi) is 4.36. The molecule has 0 aliphatic rings. The molecule has 0 saturated heterocycles. The number of pyridine rings is 1. The smallest absolute Gasteiger partial charge is 0.264 e. The highest BCUT2D eigenvalue weighted by molar-refractivity contribution is 6.00. The number of carbonyl (C=O) groups excluding carboxylic acids is 2. The minimum Gasteiger partial charge on any atom is -0.366 e. The fourth-order valence-corrected chi connectivity index (χ4v) is 2.64. The Balaban J connectivity index is 2.74. The van der Waals surface area contributed by atoms with Crippen molar-refractivity contribution in [2.75, 3.05) is 0 Å². The van der Waals surface area contributed by atoms with Crippen molar-refractivity contribution >= 4 is 11.8 Å². The number of carbonyl (C=O) groups is 2. The Bertz CT molecular complexity index is 853. The van der Waals surface area contributed by atoms with E-state index in [1.165, 1.54) is 17.7 Å². The summed E-state index contributed by atoms with van der Waals surface area (Å²) in [6.07, 6.45) is 1.39. The number of nitrogens with two attached hydrogens (primary N) is 2. The first-order chi connectivity index (χ1) is 10.7. The first-order valence-electron chi connectivity index (χ1n) is 7.16. The van der Waals surface area contributed by atoms with Crippen molar-refractivity contribution in [2.24, 2.45) is 11.5 Å². The molecule has 6 nitrogen and oxygen atoms in total. The van der Waals surface area contributed by atoms with Crippen molar-refractivity contribution in [1.82, 2.24) is 4.57 Å². The van der Waals surface area contributed by atoms with Crippen LogP contribution < -0.4 is 17.0 Å². The molecule has 0 radical (unpaired) electrons. The van der Waals surface area contributed by atoms with Gasteiger partial charge in [-0.25, -0.2) is 0 Å². The number of benzene rings is 1. The van der Waals surface area contributed by atoms with E-state index in [9.17, 15) is 14.4 Å². The van der Waals surface area contributed by atoms with Gasteiger partial charge in [0.25, 0.3) is 11.5 Å². The second kappa shape index (κ2) is 6.08. The lowest BCUT2D eigenvalue weighted by atomic mass is 10.0. The van der Waals surface area contributed by atoms with Crippen LogP contribution in [0.4, 0.5) is 0 Å². The molecule has 0 saturated carbocycles. The highest BCUT2D eigenvalue weighted by Crippen LogP contribution is 2.19. The molecule has 1 aromatic carbocycles. The molecule has 1 aromatic heterocycles. The average Bonchev–Trinajstić information content (AvgIpc) is 2.46. The van der Waals surface area contributed by atoms with Gasteiger partial charge in [0.15, 0.2) is 0 Å². The van der Waals surface area contributed by atoms with Crippen LogP contribution in [-0.4, -0.2) is 16.4 Å². The molecule has 1 atom stereocenters. The predicted octanol–water partition coefficient (Wildman–Crippen LogP) is 1.27. The lowest BCUT2D eigenvalue weighted by Gasteiger charge is -2.19. The third-order valence-electron chi connectivity index (χ3n) is 3.95. The minimum atomic E-state index is -0.874. The molecule has 4 N–H and O–H groups in total. The average molecular weight is 313 g/mol. The van der Waals surface area contributed by atoms with Crippen LogP contribution in [0.1, 0.15) is 50.4 Å². The molecule has 1 heterocycles. The van der Waals surface area contributed by atoms with Gasteiger partial charge in [-0.15, -0.1) is 0 Å². The fourth-order valence-electron chi connectivity index (χ4n) is 2.64. The normalized spacial score (nSPS) is 12.0. The number of rotatable bonds is 4. The van der Waals surface area contributed by atoms with Crippen LogP contribution in [0.25, 0.3) is 0 Å². The van der Waals surface area contributed by atoms with E-state index in [1.54, 1.807) is 6.92 Å². The molecule has 23 heavy (non-hydrogen) atoms. The van der Waals surface area contributed by atoms with Gasteiger partial charge in [0, 0.05) is 6.20 Å². The zero-order valence-corrected chi connectivity index (χ0v) is 13.3. The molecule has 1 unspecified atom stereocenters. The zero-order chi connectivity index (χ0) is 17.3. The summed E-state index contributed by atoms with van der Waals surface area (Å²) in [6, 6.07) is 7.25. The molecule has 2 amide bonds. The molecule has 0 spiro atoms. The van der Waals surface area contributed by atoms with Crippen LogP contribution in [0, 0.1) is 13.8 Å². The van der Waals surface area contributed by atoms with Crippen LogP contribution in [0.2, 0.25) is 0 Å². The first-order valence-corrected chi connectivity index (χ1v) is 7.16. The Labute approximate surface area is 133 Å². The Hall–Kier alpha value is -2.89. The van der Waals surface area contributed by atoms with E-state index in [0.29, 0.717) is 0 Å². The van der Waals surface area contributed by atoms with Crippen molar-refractivity contribution < 1.29 is 9.59 Å². The zero-order valence-electron chi connectivity index (χ0n) is 13.3. The van der Waals surface area contributed by atoms with Gasteiger partial charge in [-0.2, -0.15) is 0 Å². The van der Waals surface area contributed by atoms with Crippen molar-refractivity contribution in [2.45, 2.75) is 26.8 Å². The number of nitrogens with zero attached hydrogens (tertiary/aromatic N) is 1. The van der Waals surface area contributed by atoms with E-state index in [1.807, 2.05) is 31.2 Å². The maximum atomic E-state index is 12.6. The van der Waals surface area contributed by atoms with E-state index in [2.05, 4.69) is 0 Å². The number of amides is 2. The van der Waals surface area contributed by atoms with Crippen molar-refractivity contribution in [3.05, 3.63) is 68.6 Å². The SMILES string of the molecule is Cc1cccc(C(C)n2cc(C(N)=O)c(C)c(C(N)=O)c2=O)c1. The van der Waals surface area contributed by atoms with E-state index in [-0.39, 0.29) is 22.7 Å². The largest absolute Gasteiger partial charge is 0.366 e. The van der Waals surface area contributed by atoms with Gasteiger partial charge < -0.3 is 16.0 Å². The minimum absolute atomic E-state index is 0.109. The highest BCUT2D eigenvalue weighted by atomic mass is 16.2.